The summed E-state index contributed by atoms with van der Waals surface area (Å²) in [6.45, 7) is 5.44. The van der Waals surface area contributed by atoms with Crippen molar-refractivity contribution in [1.82, 2.24) is 4.72 Å². The number of nitrogens with one attached hydrogen (secondary N) is 1. The molecular weight excluding hydrogens is 398 g/mol. The van der Waals surface area contributed by atoms with Crippen LogP contribution in [0.3, 0.4) is 0 Å². The molecule has 2 atom stereocenters. The standard InChI is InChI=1S/C20H27NO7S/c1-19(2,3)29(25)21-14-9-7-8-12-10-20(17(23)27-5,18(24)28-6)11-13(12)15(14)16(22)26-4/h7-8,10,14,21H,9,11H2,1-6H3. The van der Waals surface area contributed by atoms with E-state index in [1.807, 2.05) is 20.8 Å². The number of allylic oxidation sites excluding steroid dienone is 3. The summed E-state index contributed by atoms with van der Waals surface area (Å²) in [7, 11) is 2.16. The second-order valence-electron chi connectivity index (χ2n) is 7.80. The molecule has 8 nitrogen and oxygen atoms in total. The molecule has 0 aliphatic heterocycles. The summed E-state index contributed by atoms with van der Waals surface area (Å²) in [4.78, 5) is 37.7. The van der Waals surface area contributed by atoms with Crippen molar-refractivity contribution in [2.75, 3.05) is 21.3 Å². The van der Waals surface area contributed by atoms with Gasteiger partial charge >= 0.3 is 17.9 Å². The van der Waals surface area contributed by atoms with E-state index in [0.29, 0.717) is 17.6 Å². The van der Waals surface area contributed by atoms with E-state index in [9.17, 15) is 18.6 Å². The zero-order valence-electron chi connectivity index (χ0n) is 17.5. The second kappa shape index (κ2) is 8.62. The molecule has 160 valence electrons. The summed E-state index contributed by atoms with van der Waals surface area (Å²) < 4.78 is 29.8. The third-order valence-electron chi connectivity index (χ3n) is 4.86. The maximum Gasteiger partial charge on any atom is 0.335 e. The number of fused-ring (bicyclic) bond motifs is 1. The third kappa shape index (κ3) is 4.35. The first-order valence-corrected chi connectivity index (χ1v) is 10.2. The fourth-order valence-corrected chi connectivity index (χ4v) is 4.17. The Morgan fingerprint density at radius 3 is 2.17 bits per heavy atom. The maximum absolute atomic E-state index is 12.7. The van der Waals surface area contributed by atoms with Crippen LogP contribution in [0.1, 0.15) is 33.6 Å². The van der Waals surface area contributed by atoms with Crippen LogP contribution in [0, 0.1) is 5.41 Å². The molecule has 0 saturated heterocycles. The second-order valence-corrected chi connectivity index (χ2v) is 9.80. The lowest BCUT2D eigenvalue weighted by Crippen LogP contribution is -2.43. The SMILES string of the molecule is COC(=O)C1=C2CC(C(=O)OC)(C(=O)OC)C=C2C=CCC1NS(=O)C(C)(C)C. The monoisotopic (exact) mass is 425 g/mol. The molecule has 1 N–H and O–H groups in total. The summed E-state index contributed by atoms with van der Waals surface area (Å²) in [5.41, 5.74) is -0.462. The van der Waals surface area contributed by atoms with Crippen LogP contribution < -0.4 is 4.72 Å². The first-order chi connectivity index (χ1) is 13.5. The molecule has 2 unspecified atom stereocenters. The zero-order valence-corrected chi connectivity index (χ0v) is 18.3. The van der Waals surface area contributed by atoms with Gasteiger partial charge in [0.25, 0.3) is 0 Å². The Bertz CT molecular complexity index is 816. The number of esters is 3. The van der Waals surface area contributed by atoms with E-state index in [4.69, 9.17) is 14.2 Å². The van der Waals surface area contributed by atoms with Crippen LogP contribution in [-0.2, 0) is 39.6 Å². The van der Waals surface area contributed by atoms with Gasteiger partial charge in [-0.2, -0.15) is 0 Å². The lowest BCUT2D eigenvalue weighted by molar-refractivity contribution is -0.164. The van der Waals surface area contributed by atoms with Crippen molar-refractivity contribution >= 4 is 28.9 Å². The quantitative estimate of drug-likeness (QED) is 0.404. The Morgan fingerprint density at radius 2 is 1.69 bits per heavy atom. The number of carbonyl (C=O) groups excluding carboxylic acids is 3. The molecule has 0 bridgehead atoms. The summed E-state index contributed by atoms with van der Waals surface area (Å²) >= 11 is 0. The molecule has 0 aromatic rings. The molecular formula is C20H27NO7S. The molecule has 0 amide bonds. The Balaban J connectivity index is 2.63. The number of ether oxygens (including phenoxy) is 3. The van der Waals surface area contributed by atoms with Gasteiger partial charge in [0.1, 0.15) is 0 Å². The van der Waals surface area contributed by atoms with Gasteiger partial charge in [-0.1, -0.05) is 12.2 Å². The van der Waals surface area contributed by atoms with E-state index in [0.717, 1.165) is 0 Å². The molecule has 29 heavy (non-hydrogen) atoms. The van der Waals surface area contributed by atoms with Crippen LogP contribution in [0.25, 0.3) is 0 Å². The first-order valence-electron chi connectivity index (χ1n) is 9.07. The topological polar surface area (TPSA) is 108 Å². The summed E-state index contributed by atoms with van der Waals surface area (Å²) in [5, 5.41) is 0. The zero-order chi connectivity index (χ0) is 22.0. The molecule has 0 aromatic carbocycles. The fraction of sp³-hybridized carbons (Fsp3) is 0.550. The lowest BCUT2D eigenvalue weighted by Gasteiger charge is -2.26. The van der Waals surface area contributed by atoms with Crippen LogP contribution >= 0.6 is 0 Å². The van der Waals surface area contributed by atoms with Crippen LogP contribution in [0.5, 0.6) is 0 Å². The molecule has 0 saturated carbocycles. The van der Waals surface area contributed by atoms with Crippen LogP contribution in [0.4, 0.5) is 0 Å². The maximum atomic E-state index is 12.7. The summed E-state index contributed by atoms with van der Waals surface area (Å²) in [6, 6.07) is -0.620. The van der Waals surface area contributed by atoms with Crippen LogP contribution in [0.15, 0.2) is 34.9 Å². The molecule has 0 fully saturated rings. The first kappa shape index (κ1) is 23.0. The lowest BCUT2D eigenvalue weighted by atomic mass is 9.85. The van der Waals surface area contributed by atoms with E-state index in [-0.39, 0.29) is 12.0 Å². The van der Waals surface area contributed by atoms with Crippen molar-refractivity contribution in [2.45, 2.75) is 44.4 Å². The molecule has 9 heteroatoms. The van der Waals surface area contributed by atoms with Gasteiger partial charge in [0.2, 0.25) is 0 Å². The van der Waals surface area contributed by atoms with Crippen LogP contribution in [0.2, 0.25) is 0 Å². The smallest absolute Gasteiger partial charge is 0.335 e. The molecule has 2 aliphatic carbocycles. The number of hydrogen-bond acceptors (Lipinski definition) is 7. The number of methoxy groups -OCH3 is 3. The Morgan fingerprint density at radius 1 is 1.10 bits per heavy atom. The van der Waals surface area contributed by atoms with Gasteiger partial charge in [0.15, 0.2) is 5.41 Å². The summed E-state index contributed by atoms with van der Waals surface area (Å²) in [5.74, 6) is -2.18. The Hall–Kier alpha value is -2.26. The van der Waals surface area contributed by atoms with Crippen molar-refractivity contribution in [3.05, 3.63) is 34.9 Å². The molecule has 0 spiro atoms. The summed E-state index contributed by atoms with van der Waals surface area (Å²) in [6.07, 6.45) is 5.26. The average molecular weight is 426 g/mol. The molecule has 0 heterocycles. The highest BCUT2D eigenvalue weighted by molar-refractivity contribution is 7.84. The van der Waals surface area contributed by atoms with Crippen molar-refractivity contribution in [1.29, 1.82) is 0 Å². The minimum atomic E-state index is -1.69. The Kier molecular flexibility index (Phi) is 6.85. The third-order valence-corrected chi connectivity index (χ3v) is 6.47. The highest BCUT2D eigenvalue weighted by Gasteiger charge is 2.52. The van der Waals surface area contributed by atoms with E-state index < -0.39 is 45.1 Å². The van der Waals surface area contributed by atoms with Gasteiger partial charge in [-0.3, -0.25) is 9.59 Å². The van der Waals surface area contributed by atoms with Gasteiger partial charge in [-0.15, -0.1) is 0 Å². The van der Waals surface area contributed by atoms with Crippen molar-refractivity contribution < 1.29 is 32.8 Å². The van der Waals surface area contributed by atoms with Gasteiger partial charge in [0.05, 0.1) is 48.7 Å². The van der Waals surface area contributed by atoms with Gasteiger partial charge < -0.3 is 14.2 Å². The van der Waals surface area contributed by atoms with Gasteiger partial charge in [-0.25, -0.2) is 13.7 Å². The van der Waals surface area contributed by atoms with Crippen molar-refractivity contribution in [3.8, 4) is 0 Å². The average Bonchev–Trinajstić information content (AvgIpc) is 2.98. The minimum absolute atomic E-state index is 0.114. The van der Waals surface area contributed by atoms with E-state index in [2.05, 4.69) is 4.72 Å². The van der Waals surface area contributed by atoms with Crippen LogP contribution in [-0.4, -0.2) is 54.2 Å². The predicted molar refractivity (Wildman–Crippen MR) is 107 cm³/mol. The number of carbonyl (C=O) groups is 3. The molecule has 2 rings (SSSR count). The van der Waals surface area contributed by atoms with Crippen molar-refractivity contribution in [3.63, 3.8) is 0 Å². The van der Waals surface area contributed by atoms with E-state index in [1.165, 1.54) is 27.4 Å². The normalized spacial score (nSPS) is 21.6. The molecule has 2 aliphatic rings. The fourth-order valence-electron chi connectivity index (χ4n) is 3.34. The molecule has 0 radical (unpaired) electrons. The predicted octanol–water partition coefficient (Wildman–Crippen LogP) is 1.50. The number of hydrogen-bond donors (Lipinski definition) is 1. The highest BCUT2D eigenvalue weighted by Crippen LogP contribution is 2.45. The minimum Gasteiger partial charge on any atom is -0.468 e. The van der Waals surface area contributed by atoms with E-state index >= 15 is 0 Å². The van der Waals surface area contributed by atoms with Gasteiger partial charge in [0, 0.05) is 6.42 Å². The highest BCUT2D eigenvalue weighted by atomic mass is 32.2. The Labute approximate surface area is 172 Å². The number of rotatable bonds is 5. The largest absolute Gasteiger partial charge is 0.468 e. The van der Waals surface area contributed by atoms with Gasteiger partial charge in [-0.05, 0) is 44.4 Å². The molecule has 0 aromatic heterocycles. The van der Waals surface area contributed by atoms with E-state index in [1.54, 1.807) is 12.2 Å². The van der Waals surface area contributed by atoms with Crippen molar-refractivity contribution in [2.24, 2.45) is 5.41 Å².